The van der Waals surface area contributed by atoms with E-state index in [0.29, 0.717) is 0 Å². The van der Waals surface area contributed by atoms with Crippen molar-refractivity contribution in [3.63, 3.8) is 0 Å². The van der Waals surface area contributed by atoms with Crippen LogP contribution >= 0.6 is 0 Å². The zero-order chi connectivity index (χ0) is 22.1. The maximum absolute atomic E-state index is 12.1. The van der Waals surface area contributed by atoms with Crippen molar-refractivity contribution in [1.29, 1.82) is 0 Å². The lowest BCUT2D eigenvalue weighted by Crippen LogP contribution is -2.47. The van der Waals surface area contributed by atoms with Gasteiger partial charge in [0.15, 0.2) is 0 Å². The number of hydrogen-bond acceptors (Lipinski definition) is 6. The number of hydrogen-bond donors (Lipinski definition) is 2. The Hall–Kier alpha value is -2.77. The minimum Gasteiger partial charge on any atom is -0.467 e. The van der Waals surface area contributed by atoms with E-state index in [4.69, 9.17) is 14.2 Å². The number of alkyl carbamates (subject to hydrolysis) is 2. The van der Waals surface area contributed by atoms with Gasteiger partial charge in [0.2, 0.25) is 0 Å². The van der Waals surface area contributed by atoms with Gasteiger partial charge in [-0.1, -0.05) is 44.2 Å². The van der Waals surface area contributed by atoms with Gasteiger partial charge in [0.05, 0.1) is 7.11 Å². The summed E-state index contributed by atoms with van der Waals surface area (Å²) in [6.45, 7) is 9.37. The molecule has 0 aliphatic carbocycles. The molecule has 0 spiro atoms. The van der Waals surface area contributed by atoms with Gasteiger partial charge in [0.1, 0.15) is 18.2 Å². The summed E-state index contributed by atoms with van der Waals surface area (Å²) in [5.41, 5.74) is -0.297. The predicted octanol–water partition coefficient (Wildman–Crippen LogP) is 3.40. The normalized spacial score (nSPS) is 12.5. The van der Waals surface area contributed by atoms with Crippen LogP contribution in [0.15, 0.2) is 30.3 Å². The third-order valence-electron chi connectivity index (χ3n) is 3.86. The van der Waals surface area contributed by atoms with Crippen molar-refractivity contribution < 1.29 is 28.6 Å². The molecule has 29 heavy (non-hydrogen) atoms. The molecule has 0 bridgehead atoms. The van der Waals surface area contributed by atoms with E-state index in [1.165, 1.54) is 7.11 Å². The molecule has 1 rings (SSSR count). The van der Waals surface area contributed by atoms with Gasteiger partial charge in [0.25, 0.3) is 0 Å². The SMILES string of the molecule is COC(=O)C(CC(C)(C)CNC(=O)OC(C)(C)C)NC(=O)OCc1ccccc1. The summed E-state index contributed by atoms with van der Waals surface area (Å²) in [4.78, 5) is 36.1. The van der Waals surface area contributed by atoms with Crippen LogP contribution in [-0.2, 0) is 25.6 Å². The van der Waals surface area contributed by atoms with Gasteiger partial charge in [-0.3, -0.25) is 0 Å². The van der Waals surface area contributed by atoms with E-state index in [1.807, 2.05) is 44.2 Å². The Morgan fingerprint density at radius 2 is 1.62 bits per heavy atom. The molecule has 0 saturated heterocycles. The van der Waals surface area contributed by atoms with E-state index < -0.39 is 35.2 Å². The van der Waals surface area contributed by atoms with E-state index in [0.717, 1.165) is 5.56 Å². The molecule has 162 valence electrons. The largest absolute Gasteiger partial charge is 0.467 e. The molecule has 2 N–H and O–H groups in total. The Morgan fingerprint density at radius 3 is 2.17 bits per heavy atom. The monoisotopic (exact) mass is 408 g/mol. The molecular formula is C21H32N2O6. The van der Waals surface area contributed by atoms with Crippen molar-refractivity contribution >= 4 is 18.2 Å². The molecule has 1 atom stereocenters. The molecular weight excluding hydrogens is 376 g/mol. The lowest BCUT2D eigenvalue weighted by molar-refractivity contribution is -0.143. The van der Waals surface area contributed by atoms with Crippen molar-refractivity contribution in [2.75, 3.05) is 13.7 Å². The predicted molar refractivity (Wildman–Crippen MR) is 108 cm³/mol. The number of methoxy groups -OCH3 is 1. The molecule has 0 aromatic heterocycles. The van der Waals surface area contributed by atoms with Crippen LogP contribution in [0.4, 0.5) is 9.59 Å². The second kappa shape index (κ2) is 10.7. The number of carbonyl (C=O) groups is 3. The van der Waals surface area contributed by atoms with Crippen molar-refractivity contribution in [2.45, 2.75) is 59.3 Å². The molecule has 1 aromatic rings. The molecule has 8 nitrogen and oxygen atoms in total. The van der Waals surface area contributed by atoms with Crippen LogP contribution in [-0.4, -0.2) is 43.5 Å². The van der Waals surface area contributed by atoms with Crippen LogP contribution < -0.4 is 10.6 Å². The Labute approximate surface area is 172 Å². The summed E-state index contributed by atoms with van der Waals surface area (Å²) in [6, 6.07) is 8.29. The van der Waals surface area contributed by atoms with Gasteiger partial charge in [-0.15, -0.1) is 0 Å². The van der Waals surface area contributed by atoms with E-state index >= 15 is 0 Å². The summed E-state index contributed by atoms with van der Waals surface area (Å²) in [5.74, 6) is -0.591. The Bertz CT molecular complexity index is 682. The first kappa shape index (κ1) is 24.3. The molecule has 0 saturated carbocycles. The standard InChI is InChI=1S/C21H32N2O6/c1-20(2,3)29-18(25)22-14-21(4,5)12-16(17(24)27-6)23-19(26)28-13-15-10-8-7-9-11-15/h7-11,16H,12-14H2,1-6H3,(H,22,25)(H,23,26). The first-order valence-corrected chi connectivity index (χ1v) is 9.44. The molecule has 0 radical (unpaired) electrons. The number of carbonyl (C=O) groups excluding carboxylic acids is 3. The van der Waals surface area contributed by atoms with Crippen molar-refractivity contribution in [3.05, 3.63) is 35.9 Å². The van der Waals surface area contributed by atoms with Crippen LogP contribution in [0.3, 0.4) is 0 Å². The number of nitrogens with one attached hydrogen (secondary N) is 2. The van der Waals surface area contributed by atoms with Crippen LogP contribution in [0.1, 0.15) is 46.6 Å². The maximum atomic E-state index is 12.1. The third-order valence-corrected chi connectivity index (χ3v) is 3.86. The highest BCUT2D eigenvalue weighted by atomic mass is 16.6. The lowest BCUT2D eigenvalue weighted by atomic mass is 9.85. The second-order valence-corrected chi connectivity index (χ2v) is 8.51. The maximum Gasteiger partial charge on any atom is 0.408 e. The minimum absolute atomic E-state index is 0.0875. The zero-order valence-electron chi connectivity index (χ0n) is 18.0. The van der Waals surface area contributed by atoms with Crippen molar-refractivity contribution in [1.82, 2.24) is 10.6 Å². The van der Waals surface area contributed by atoms with Gasteiger partial charge in [-0.2, -0.15) is 0 Å². The fourth-order valence-corrected chi connectivity index (χ4v) is 2.49. The van der Waals surface area contributed by atoms with Gasteiger partial charge in [0, 0.05) is 6.54 Å². The highest BCUT2D eigenvalue weighted by molar-refractivity contribution is 5.81. The molecule has 8 heteroatoms. The average Bonchev–Trinajstić information content (AvgIpc) is 2.63. The molecule has 2 amide bonds. The second-order valence-electron chi connectivity index (χ2n) is 8.51. The number of rotatable bonds is 8. The summed E-state index contributed by atoms with van der Waals surface area (Å²) in [6.07, 6.45) is -1.04. The summed E-state index contributed by atoms with van der Waals surface area (Å²) >= 11 is 0. The molecule has 0 aliphatic rings. The van der Waals surface area contributed by atoms with Crippen LogP contribution in [0, 0.1) is 5.41 Å². The average molecular weight is 408 g/mol. The van der Waals surface area contributed by atoms with Gasteiger partial charge < -0.3 is 24.8 Å². The fraction of sp³-hybridized carbons (Fsp3) is 0.571. The fourth-order valence-electron chi connectivity index (χ4n) is 2.49. The molecule has 0 heterocycles. The van der Waals surface area contributed by atoms with E-state index in [9.17, 15) is 14.4 Å². The van der Waals surface area contributed by atoms with Gasteiger partial charge in [-0.05, 0) is 38.2 Å². The number of benzene rings is 1. The van der Waals surface area contributed by atoms with E-state index in [-0.39, 0.29) is 19.6 Å². The highest BCUT2D eigenvalue weighted by Crippen LogP contribution is 2.22. The van der Waals surface area contributed by atoms with E-state index in [2.05, 4.69) is 10.6 Å². The topological polar surface area (TPSA) is 103 Å². The lowest BCUT2D eigenvalue weighted by Gasteiger charge is -2.29. The molecule has 1 aromatic carbocycles. The van der Waals surface area contributed by atoms with Crippen LogP contribution in [0.25, 0.3) is 0 Å². The molecule has 0 aliphatic heterocycles. The first-order valence-electron chi connectivity index (χ1n) is 9.44. The summed E-state index contributed by atoms with van der Waals surface area (Å²) in [5, 5.41) is 5.22. The van der Waals surface area contributed by atoms with Crippen LogP contribution in [0.5, 0.6) is 0 Å². The Kier molecular flexibility index (Phi) is 8.94. The van der Waals surface area contributed by atoms with Crippen LogP contribution in [0.2, 0.25) is 0 Å². The minimum atomic E-state index is -0.918. The first-order chi connectivity index (χ1) is 13.4. The summed E-state index contributed by atoms with van der Waals surface area (Å²) < 4.78 is 15.2. The Balaban J connectivity index is 2.61. The van der Waals surface area contributed by atoms with Gasteiger partial charge >= 0.3 is 18.2 Å². The summed E-state index contributed by atoms with van der Waals surface area (Å²) in [7, 11) is 1.25. The van der Waals surface area contributed by atoms with Crippen molar-refractivity contribution in [3.8, 4) is 0 Å². The Morgan fingerprint density at radius 1 is 1.00 bits per heavy atom. The smallest absolute Gasteiger partial charge is 0.408 e. The van der Waals surface area contributed by atoms with E-state index in [1.54, 1.807) is 20.8 Å². The van der Waals surface area contributed by atoms with Gasteiger partial charge in [-0.25, -0.2) is 14.4 Å². The highest BCUT2D eigenvalue weighted by Gasteiger charge is 2.31. The molecule has 1 unspecified atom stereocenters. The number of ether oxygens (including phenoxy) is 3. The number of esters is 1. The quantitative estimate of drug-likeness (QED) is 0.505. The molecule has 0 fully saturated rings. The van der Waals surface area contributed by atoms with Crippen molar-refractivity contribution in [2.24, 2.45) is 5.41 Å². The third kappa shape index (κ3) is 10.4. The number of amides is 2. The zero-order valence-corrected chi connectivity index (χ0v) is 18.0.